The number of aromatic nitrogens is 2. The number of imidazole rings is 1. The van der Waals surface area contributed by atoms with Crippen molar-refractivity contribution in [3.8, 4) is 5.88 Å². The predicted molar refractivity (Wildman–Crippen MR) is 119 cm³/mol. The molecule has 0 amide bonds. The first kappa shape index (κ1) is 22.7. The van der Waals surface area contributed by atoms with Gasteiger partial charge >= 0.3 is 5.97 Å². The zero-order valence-corrected chi connectivity index (χ0v) is 18.7. The lowest BCUT2D eigenvalue weighted by atomic mass is 9.84. The summed E-state index contributed by atoms with van der Waals surface area (Å²) in [5, 5.41) is 20.6. The number of unbranched alkanes of at least 4 members (excludes halogenated alkanes) is 1. The van der Waals surface area contributed by atoms with E-state index >= 15 is 0 Å². The van der Waals surface area contributed by atoms with Gasteiger partial charge in [0.05, 0.1) is 12.0 Å². The molecule has 6 heteroatoms. The van der Waals surface area contributed by atoms with Crippen LogP contribution in [-0.4, -0.2) is 25.7 Å². The number of aromatic hydroxyl groups is 1. The molecule has 0 bridgehead atoms. The van der Waals surface area contributed by atoms with Crippen molar-refractivity contribution < 1.29 is 15.0 Å². The summed E-state index contributed by atoms with van der Waals surface area (Å²) >= 11 is 6.17. The minimum atomic E-state index is -0.736. The summed E-state index contributed by atoms with van der Waals surface area (Å²) in [6.45, 7) is 4.24. The van der Waals surface area contributed by atoms with Crippen LogP contribution in [0, 0.1) is 5.92 Å². The van der Waals surface area contributed by atoms with Gasteiger partial charge in [-0.15, -0.1) is 0 Å². The predicted octanol–water partition coefficient (Wildman–Crippen LogP) is 6.33. The number of nitrogens with zero attached hydrogens (tertiary/aromatic N) is 2. The largest absolute Gasteiger partial charge is 0.492 e. The quantitative estimate of drug-likeness (QED) is 0.459. The number of halogens is 1. The van der Waals surface area contributed by atoms with Gasteiger partial charge < -0.3 is 10.2 Å². The lowest BCUT2D eigenvalue weighted by Gasteiger charge is -2.24. The number of hydrogen-bond acceptors (Lipinski definition) is 3. The number of aryl methyl sites for hydroxylation is 1. The lowest BCUT2D eigenvalue weighted by molar-refractivity contribution is -0.140. The van der Waals surface area contributed by atoms with E-state index in [0.717, 1.165) is 74.7 Å². The topological polar surface area (TPSA) is 75.4 Å². The van der Waals surface area contributed by atoms with Crippen LogP contribution in [0.4, 0.5) is 0 Å². The lowest BCUT2D eigenvalue weighted by Crippen LogP contribution is -2.20. The minimum Gasteiger partial charge on any atom is -0.492 e. The van der Waals surface area contributed by atoms with Crippen LogP contribution in [0.25, 0.3) is 0 Å². The van der Waals surface area contributed by atoms with Crippen molar-refractivity contribution in [2.45, 2.75) is 83.6 Å². The smallest absolute Gasteiger partial charge is 0.311 e. The highest BCUT2D eigenvalue weighted by Gasteiger charge is 2.32. The van der Waals surface area contributed by atoms with Crippen LogP contribution in [-0.2, 0) is 11.2 Å². The Balaban J connectivity index is 1.93. The van der Waals surface area contributed by atoms with Crippen molar-refractivity contribution >= 4 is 17.6 Å². The summed E-state index contributed by atoms with van der Waals surface area (Å²) in [4.78, 5) is 16.4. The molecule has 0 saturated heterocycles. The second-order valence-electron chi connectivity index (χ2n) is 8.45. The second-order valence-corrected chi connectivity index (χ2v) is 8.81. The van der Waals surface area contributed by atoms with Crippen LogP contribution in [0.5, 0.6) is 5.88 Å². The molecular weight excluding hydrogens is 400 g/mol. The molecule has 30 heavy (non-hydrogen) atoms. The van der Waals surface area contributed by atoms with Crippen LogP contribution >= 0.6 is 11.6 Å². The Morgan fingerprint density at radius 3 is 2.37 bits per heavy atom. The highest BCUT2D eigenvalue weighted by molar-refractivity contribution is 6.30. The number of rotatable bonds is 10. The summed E-state index contributed by atoms with van der Waals surface area (Å²) in [6, 6.07) is 7.85. The van der Waals surface area contributed by atoms with Crippen molar-refractivity contribution in [3.05, 3.63) is 46.4 Å². The maximum atomic E-state index is 12.0. The molecule has 1 saturated carbocycles. The van der Waals surface area contributed by atoms with E-state index in [1.54, 1.807) is 0 Å². The fourth-order valence-corrected chi connectivity index (χ4v) is 5.02. The molecule has 2 unspecified atom stereocenters. The van der Waals surface area contributed by atoms with Crippen LogP contribution in [0.1, 0.15) is 94.1 Å². The number of carboxylic acids is 1. The molecule has 1 aliphatic carbocycles. The average molecular weight is 433 g/mol. The standard InChI is InChI=1S/C24H33ClN2O3/c1-3-5-11-20-26-22(25)23(28)27(20)19(8-4-2)16-12-14-18(15-13-16)21(24(29)30)17-9-6-7-10-17/h12-15,17,19,21,28H,3-11H2,1-2H3,(H,29,30). The third-order valence-corrected chi connectivity index (χ3v) is 6.62. The molecule has 1 fully saturated rings. The maximum absolute atomic E-state index is 12.0. The van der Waals surface area contributed by atoms with E-state index < -0.39 is 11.9 Å². The van der Waals surface area contributed by atoms with Crippen molar-refractivity contribution in [1.82, 2.24) is 9.55 Å². The average Bonchev–Trinajstić information content (AvgIpc) is 3.34. The molecule has 1 heterocycles. The van der Waals surface area contributed by atoms with Crippen LogP contribution in [0.3, 0.4) is 0 Å². The normalized spacial score (nSPS) is 16.6. The summed E-state index contributed by atoms with van der Waals surface area (Å²) in [7, 11) is 0. The first-order chi connectivity index (χ1) is 14.5. The van der Waals surface area contributed by atoms with E-state index in [1.165, 1.54) is 0 Å². The van der Waals surface area contributed by atoms with Crippen molar-refractivity contribution in [3.63, 3.8) is 0 Å². The minimum absolute atomic E-state index is 0.0136. The van der Waals surface area contributed by atoms with Gasteiger partial charge in [-0.25, -0.2) is 4.98 Å². The van der Waals surface area contributed by atoms with Crippen molar-refractivity contribution in [1.29, 1.82) is 0 Å². The Kier molecular flexibility index (Phi) is 7.81. The zero-order valence-electron chi connectivity index (χ0n) is 18.0. The van der Waals surface area contributed by atoms with Gasteiger partial charge in [0.2, 0.25) is 5.88 Å². The Morgan fingerprint density at radius 1 is 1.17 bits per heavy atom. The molecule has 164 valence electrons. The molecule has 2 aromatic rings. The number of aliphatic carboxylic acids is 1. The van der Waals surface area contributed by atoms with Crippen LogP contribution in [0.15, 0.2) is 24.3 Å². The molecule has 3 rings (SSSR count). The fourth-order valence-electron chi connectivity index (χ4n) is 4.83. The molecule has 5 nitrogen and oxygen atoms in total. The number of hydrogen-bond donors (Lipinski definition) is 2. The fraction of sp³-hybridized carbons (Fsp3) is 0.583. The van der Waals surface area contributed by atoms with Gasteiger partial charge in [-0.3, -0.25) is 9.36 Å². The SMILES string of the molecule is CCCCc1nc(Cl)c(O)n1C(CCC)c1ccc(C(C(=O)O)C2CCCC2)cc1. The molecule has 0 radical (unpaired) electrons. The molecule has 0 spiro atoms. The van der Waals surface area contributed by atoms with Gasteiger partial charge in [-0.2, -0.15) is 0 Å². The van der Waals surface area contributed by atoms with Gasteiger partial charge in [0.25, 0.3) is 0 Å². The van der Waals surface area contributed by atoms with E-state index in [1.807, 2.05) is 28.8 Å². The van der Waals surface area contributed by atoms with Gasteiger partial charge in [0.1, 0.15) is 5.82 Å². The number of carbonyl (C=O) groups is 1. The van der Waals surface area contributed by atoms with Gasteiger partial charge in [-0.05, 0) is 42.7 Å². The third-order valence-electron chi connectivity index (χ3n) is 6.36. The maximum Gasteiger partial charge on any atom is 0.311 e. The van der Waals surface area contributed by atoms with Crippen molar-refractivity contribution in [2.75, 3.05) is 0 Å². The monoisotopic (exact) mass is 432 g/mol. The highest BCUT2D eigenvalue weighted by atomic mass is 35.5. The van der Waals surface area contributed by atoms with Gasteiger partial charge in [0.15, 0.2) is 5.15 Å². The summed E-state index contributed by atoms with van der Waals surface area (Å²) in [6.07, 6.45) is 8.76. The number of carboxylic acid groups (broad SMARTS) is 1. The molecule has 1 aliphatic rings. The van der Waals surface area contributed by atoms with E-state index in [4.69, 9.17) is 11.6 Å². The van der Waals surface area contributed by atoms with E-state index in [9.17, 15) is 15.0 Å². The summed E-state index contributed by atoms with van der Waals surface area (Å²) in [5.74, 6) is -0.143. The molecule has 0 aliphatic heterocycles. The summed E-state index contributed by atoms with van der Waals surface area (Å²) in [5.41, 5.74) is 1.91. The van der Waals surface area contributed by atoms with Crippen LogP contribution < -0.4 is 0 Å². The van der Waals surface area contributed by atoms with Gasteiger partial charge in [-0.1, -0.05) is 75.4 Å². The Bertz CT molecular complexity index is 841. The first-order valence-electron chi connectivity index (χ1n) is 11.3. The first-order valence-corrected chi connectivity index (χ1v) is 11.6. The second kappa shape index (κ2) is 10.3. The molecule has 2 atom stereocenters. The van der Waals surface area contributed by atoms with Gasteiger partial charge in [0, 0.05) is 6.42 Å². The molecule has 2 N–H and O–H groups in total. The Morgan fingerprint density at radius 2 is 1.80 bits per heavy atom. The van der Waals surface area contributed by atoms with Crippen molar-refractivity contribution in [2.24, 2.45) is 5.92 Å². The number of benzene rings is 1. The zero-order chi connectivity index (χ0) is 21.7. The Hall–Kier alpha value is -2.01. The third kappa shape index (κ3) is 4.83. The molecular formula is C24H33ClN2O3. The molecule has 1 aromatic carbocycles. The van der Waals surface area contributed by atoms with E-state index in [0.29, 0.717) is 0 Å². The van der Waals surface area contributed by atoms with E-state index in [-0.39, 0.29) is 23.0 Å². The molecule has 1 aromatic heterocycles. The van der Waals surface area contributed by atoms with E-state index in [2.05, 4.69) is 18.8 Å². The summed E-state index contributed by atoms with van der Waals surface area (Å²) < 4.78 is 1.86. The van der Waals surface area contributed by atoms with Crippen LogP contribution in [0.2, 0.25) is 5.15 Å². The highest BCUT2D eigenvalue weighted by Crippen LogP contribution is 2.39. The Labute approximate surface area is 184 Å².